The molecule has 0 aliphatic carbocycles. The van der Waals surface area contributed by atoms with Crippen molar-refractivity contribution in [1.82, 2.24) is 0 Å². The second kappa shape index (κ2) is 7.19. The maximum atomic E-state index is 12.7. The topological polar surface area (TPSA) is 0 Å². The van der Waals surface area contributed by atoms with Crippen LogP contribution in [0.1, 0.15) is 13.8 Å². The molecule has 0 aliphatic heterocycles. The number of halogens is 4. The van der Waals surface area contributed by atoms with E-state index in [1.807, 2.05) is 18.2 Å². The molecule has 1 aromatic carbocycles. The lowest BCUT2D eigenvalue weighted by Gasteiger charge is -2.28. The lowest BCUT2D eigenvalue weighted by molar-refractivity contribution is -0.110. The Labute approximate surface area is 113 Å². The molecular formula is C13H20ClF3Si. The largest absolute Gasteiger partial charge is 0.387 e. The van der Waals surface area contributed by atoms with Crippen LogP contribution in [0.5, 0.6) is 0 Å². The monoisotopic (exact) mass is 296 g/mol. The molecule has 0 bridgehead atoms. The lowest BCUT2D eigenvalue weighted by atomic mass is 10.4. The summed E-state index contributed by atoms with van der Waals surface area (Å²) in [4.78, 5) is 0. The van der Waals surface area contributed by atoms with Crippen LogP contribution in [0.15, 0.2) is 30.3 Å². The van der Waals surface area contributed by atoms with Crippen LogP contribution in [0.3, 0.4) is 0 Å². The minimum atomic E-state index is -4.09. The third-order valence-corrected chi connectivity index (χ3v) is 7.56. The summed E-state index contributed by atoms with van der Waals surface area (Å²) in [5.41, 5.74) is 0. The van der Waals surface area contributed by atoms with E-state index in [0.29, 0.717) is 18.3 Å². The van der Waals surface area contributed by atoms with Gasteiger partial charge >= 0.3 is 6.18 Å². The van der Waals surface area contributed by atoms with Crippen molar-refractivity contribution in [3.63, 3.8) is 0 Å². The number of hydrogen-bond donors (Lipinski definition) is 0. The van der Waals surface area contributed by atoms with E-state index in [0.717, 1.165) is 5.19 Å². The van der Waals surface area contributed by atoms with Crippen molar-refractivity contribution in [3.05, 3.63) is 30.3 Å². The van der Waals surface area contributed by atoms with Crippen molar-refractivity contribution in [1.29, 1.82) is 0 Å². The van der Waals surface area contributed by atoms with Crippen molar-refractivity contribution in [2.45, 2.75) is 38.7 Å². The van der Waals surface area contributed by atoms with Gasteiger partial charge in [0.05, 0.1) is 8.07 Å². The van der Waals surface area contributed by atoms with E-state index in [9.17, 15) is 13.2 Å². The maximum absolute atomic E-state index is 12.7. The van der Waals surface area contributed by atoms with Crippen LogP contribution < -0.4 is 5.19 Å². The van der Waals surface area contributed by atoms with Crippen LogP contribution in [-0.4, -0.2) is 20.1 Å². The fraction of sp³-hybridized carbons (Fsp3) is 0.538. The van der Waals surface area contributed by atoms with Gasteiger partial charge in [-0.15, -0.1) is 11.6 Å². The molecule has 0 spiro atoms. The molecule has 0 fully saturated rings. The van der Waals surface area contributed by atoms with Crippen LogP contribution in [0.25, 0.3) is 0 Å². The van der Waals surface area contributed by atoms with Gasteiger partial charge in [-0.2, -0.15) is 13.2 Å². The predicted molar refractivity (Wildman–Crippen MR) is 75.4 cm³/mol. The Bertz CT molecular complexity index is 340. The predicted octanol–water partition coefficient (Wildman–Crippen LogP) is 4.80. The van der Waals surface area contributed by atoms with Gasteiger partial charge in [-0.1, -0.05) is 55.5 Å². The van der Waals surface area contributed by atoms with E-state index in [1.165, 1.54) is 0 Å². The van der Waals surface area contributed by atoms with Crippen molar-refractivity contribution in [3.8, 4) is 0 Å². The molecule has 1 aromatic rings. The highest BCUT2D eigenvalue weighted by Gasteiger charge is 2.41. The minimum Gasteiger partial charge on any atom is -0.172 e. The van der Waals surface area contributed by atoms with Crippen LogP contribution in [0.4, 0.5) is 13.2 Å². The first-order chi connectivity index (χ1) is 7.87. The lowest BCUT2D eigenvalue weighted by Crippen LogP contribution is -2.47. The van der Waals surface area contributed by atoms with Gasteiger partial charge in [0.1, 0.15) is 0 Å². The Morgan fingerprint density at radius 2 is 1.72 bits per heavy atom. The molecule has 0 amide bonds. The number of benzene rings is 1. The Balaban J connectivity index is 0.00000289. The van der Waals surface area contributed by atoms with Gasteiger partial charge in [0.2, 0.25) is 0 Å². The highest BCUT2D eigenvalue weighted by Crippen LogP contribution is 2.30. The standard InChI is InChI=1S/C12H16ClF3Si.CH4/c1-17(9-5-8-13,10-12(14,15)16)11-6-3-2-4-7-11;/h2-4,6-7H,5,8-10H2,1H3;1H4. The summed E-state index contributed by atoms with van der Waals surface area (Å²) in [6, 6.07) is 8.97. The van der Waals surface area contributed by atoms with E-state index in [1.54, 1.807) is 18.7 Å². The van der Waals surface area contributed by atoms with Crippen molar-refractivity contribution in [2.24, 2.45) is 0 Å². The van der Waals surface area contributed by atoms with Crippen molar-refractivity contribution >= 4 is 24.9 Å². The van der Waals surface area contributed by atoms with Crippen LogP contribution in [0.2, 0.25) is 18.6 Å². The molecule has 0 radical (unpaired) electrons. The zero-order valence-electron chi connectivity index (χ0n) is 9.73. The molecule has 0 saturated carbocycles. The summed E-state index contributed by atoms with van der Waals surface area (Å²) in [6.07, 6.45) is -3.45. The summed E-state index contributed by atoms with van der Waals surface area (Å²) in [7, 11) is -2.49. The molecule has 1 atom stereocenters. The minimum absolute atomic E-state index is 0. The molecule has 104 valence electrons. The molecule has 0 saturated heterocycles. The zero-order chi connectivity index (χ0) is 12.9. The molecule has 0 N–H and O–H groups in total. The Morgan fingerprint density at radius 1 is 1.17 bits per heavy atom. The molecular weight excluding hydrogens is 277 g/mol. The van der Waals surface area contributed by atoms with Crippen LogP contribution >= 0.6 is 11.6 Å². The first-order valence-electron chi connectivity index (χ1n) is 5.56. The summed E-state index contributed by atoms with van der Waals surface area (Å²) in [5, 5.41) is 0.863. The average molecular weight is 297 g/mol. The number of hydrogen-bond acceptors (Lipinski definition) is 0. The molecule has 0 aliphatic rings. The van der Waals surface area contributed by atoms with E-state index in [4.69, 9.17) is 11.6 Å². The molecule has 1 rings (SSSR count). The van der Waals surface area contributed by atoms with Gasteiger partial charge in [-0.3, -0.25) is 0 Å². The highest BCUT2D eigenvalue weighted by atomic mass is 35.5. The second-order valence-corrected chi connectivity index (χ2v) is 9.44. The quantitative estimate of drug-likeness (QED) is 0.541. The van der Waals surface area contributed by atoms with Crippen LogP contribution in [0, 0.1) is 0 Å². The second-order valence-electron chi connectivity index (χ2n) is 4.51. The van der Waals surface area contributed by atoms with E-state index in [2.05, 4.69) is 0 Å². The SMILES string of the molecule is C.C[Si](CCCCl)(CC(F)(F)F)c1ccccc1. The third-order valence-electron chi connectivity index (χ3n) is 2.92. The summed E-state index contributed by atoms with van der Waals surface area (Å²) >= 11 is 5.61. The first kappa shape index (κ1) is 17.5. The number of alkyl halides is 4. The van der Waals surface area contributed by atoms with Gasteiger partial charge in [-0.05, 0) is 6.42 Å². The molecule has 0 aromatic heterocycles. The maximum Gasteiger partial charge on any atom is 0.387 e. The first-order valence-corrected chi connectivity index (χ1v) is 9.00. The molecule has 18 heavy (non-hydrogen) atoms. The van der Waals surface area contributed by atoms with Gasteiger partial charge in [0.25, 0.3) is 0 Å². The zero-order valence-corrected chi connectivity index (χ0v) is 11.5. The fourth-order valence-electron chi connectivity index (χ4n) is 2.07. The molecule has 0 heterocycles. The van der Waals surface area contributed by atoms with Gasteiger partial charge < -0.3 is 0 Å². The summed E-state index contributed by atoms with van der Waals surface area (Å²) in [6.45, 7) is 1.79. The summed E-state index contributed by atoms with van der Waals surface area (Å²) < 4.78 is 38.0. The van der Waals surface area contributed by atoms with Gasteiger partial charge in [-0.25, -0.2) is 0 Å². The summed E-state index contributed by atoms with van der Waals surface area (Å²) in [5.74, 6) is 0.424. The van der Waals surface area contributed by atoms with Crippen molar-refractivity contribution < 1.29 is 13.2 Å². The smallest absolute Gasteiger partial charge is 0.172 e. The van der Waals surface area contributed by atoms with E-state index in [-0.39, 0.29) is 7.43 Å². The number of rotatable bonds is 5. The Morgan fingerprint density at radius 3 is 2.17 bits per heavy atom. The average Bonchev–Trinajstić information content (AvgIpc) is 2.25. The normalized spacial score (nSPS) is 14.7. The molecule has 0 nitrogen and oxygen atoms in total. The van der Waals surface area contributed by atoms with E-state index >= 15 is 0 Å². The highest BCUT2D eigenvalue weighted by molar-refractivity contribution is 6.91. The Kier molecular flexibility index (Phi) is 7.00. The van der Waals surface area contributed by atoms with Gasteiger partial charge in [0, 0.05) is 11.9 Å². The van der Waals surface area contributed by atoms with Crippen molar-refractivity contribution in [2.75, 3.05) is 5.88 Å². The van der Waals surface area contributed by atoms with E-state index < -0.39 is 20.3 Å². The third kappa shape index (κ3) is 5.44. The fourth-order valence-corrected chi connectivity index (χ4v) is 5.94. The molecule has 1 unspecified atom stereocenters. The van der Waals surface area contributed by atoms with Crippen LogP contribution in [-0.2, 0) is 0 Å². The molecule has 5 heteroatoms. The van der Waals surface area contributed by atoms with Gasteiger partial charge in [0.15, 0.2) is 0 Å². The Hall–Kier alpha value is -0.483.